The number of anilines is 2. The lowest BCUT2D eigenvalue weighted by atomic mass is 10.1. The van der Waals surface area contributed by atoms with Crippen molar-refractivity contribution in [3.05, 3.63) is 24.0 Å². The molecular formula is C13H17ClFN3O2. The fourth-order valence-corrected chi connectivity index (χ4v) is 2.01. The Morgan fingerprint density at radius 2 is 2.10 bits per heavy atom. The molecule has 1 saturated heterocycles. The molecule has 5 nitrogen and oxygen atoms in total. The van der Waals surface area contributed by atoms with Crippen molar-refractivity contribution >= 4 is 35.6 Å². The van der Waals surface area contributed by atoms with Crippen molar-refractivity contribution in [2.24, 2.45) is 5.92 Å². The van der Waals surface area contributed by atoms with Gasteiger partial charge in [-0.2, -0.15) is 0 Å². The van der Waals surface area contributed by atoms with E-state index in [-0.39, 0.29) is 35.8 Å². The molecular weight excluding hydrogens is 285 g/mol. The maximum atomic E-state index is 13.4. The summed E-state index contributed by atoms with van der Waals surface area (Å²) in [5.74, 6) is -1.04. The molecule has 1 aliphatic rings. The predicted molar refractivity (Wildman–Crippen MR) is 77.6 cm³/mol. The van der Waals surface area contributed by atoms with Gasteiger partial charge in [-0.05, 0) is 31.2 Å². The number of carbonyl (C=O) groups is 2. The van der Waals surface area contributed by atoms with Crippen LogP contribution < -0.4 is 16.0 Å². The van der Waals surface area contributed by atoms with E-state index in [4.69, 9.17) is 0 Å². The van der Waals surface area contributed by atoms with Gasteiger partial charge in [0.25, 0.3) is 0 Å². The van der Waals surface area contributed by atoms with Gasteiger partial charge in [0.1, 0.15) is 5.82 Å². The lowest BCUT2D eigenvalue weighted by Gasteiger charge is -2.11. The quantitative estimate of drug-likeness (QED) is 0.796. The van der Waals surface area contributed by atoms with Gasteiger partial charge in [0.05, 0.1) is 11.6 Å². The summed E-state index contributed by atoms with van der Waals surface area (Å²) in [5, 5.41) is 8.21. The Labute approximate surface area is 122 Å². The van der Waals surface area contributed by atoms with Crippen LogP contribution in [-0.2, 0) is 9.59 Å². The predicted octanol–water partition coefficient (Wildman–Crippen LogP) is 1.75. The molecule has 0 aromatic heterocycles. The van der Waals surface area contributed by atoms with Crippen LogP contribution in [0.15, 0.2) is 18.2 Å². The highest BCUT2D eigenvalue weighted by Gasteiger charge is 2.22. The van der Waals surface area contributed by atoms with Crippen LogP contribution in [0.3, 0.4) is 0 Å². The standard InChI is InChI=1S/C13H16FN3O2.ClH/c1-8(18)16-12-6-10(2-3-11(12)14)17-13(19)9-4-5-15-7-9;/h2-3,6,9,15H,4-5,7H2,1H3,(H,16,18)(H,17,19);1H. The molecule has 7 heteroatoms. The number of amides is 2. The fraction of sp³-hybridized carbons (Fsp3) is 0.385. The normalized spacial score (nSPS) is 17.2. The molecule has 1 aliphatic heterocycles. The summed E-state index contributed by atoms with van der Waals surface area (Å²) in [6.07, 6.45) is 0.797. The van der Waals surface area contributed by atoms with Gasteiger partial charge in [0.15, 0.2) is 0 Å². The van der Waals surface area contributed by atoms with E-state index in [1.54, 1.807) is 0 Å². The number of benzene rings is 1. The second-order valence-electron chi connectivity index (χ2n) is 4.55. The van der Waals surface area contributed by atoms with Crippen LogP contribution in [0.2, 0.25) is 0 Å². The maximum absolute atomic E-state index is 13.4. The van der Waals surface area contributed by atoms with Crippen molar-refractivity contribution < 1.29 is 14.0 Å². The Kier molecular flexibility index (Phi) is 5.91. The summed E-state index contributed by atoms with van der Waals surface area (Å²) in [5.41, 5.74) is 0.539. The van der Waals surface area contributed by atoms with Crippen molar-refractivity contribution in [1.29, 1.82) is 0 Å². The third-order valence-electron chi connectivity index (χ3n) is 2.98. The van der Waals surface area contributed by atoms with E-state index in [1.165, 1.54) is 25.1 Å². The zero-order chi connectivity index (χ0) is 13.8. The van der Waals surface area contributed by atoms with Crippen molar-refractivity contribution in [2.75, 3.05) is 23.7 Å². The van der Waals surface area contributed by atoms with Gasteiger partial charge in [-0.3, -0.25) is 9.59 Å². The lowest BCUT2D eigenvalue weighted by molar-refractivity contribution is -0.119. The summed E-state index contributed by atoms with van der Waals surface area (Å²) in [6, 6.07) is 4.10. The first-order valence-corrected chi connectivity index (χ1v) is 6.15. The van der Waals surface area contributed by atoms with Gasteiger partial charge >= 0.3 is 0 Å². The zero-order valence-corrected chi connectivity index (χ0v) is 11.8. The molecule has 2 rings (SSSR count). The molecule has 1 atom stereocenters. The summed E-state index contributed by atoms with van der Waals surface area (Å²) in [7, 11) is 0. The number of hydrogen-bond acceptors (Lipinski definition) is 3. The Morgan fingerprint density at radius 3 is 2.70 bits per heavy atom. The highest BCUT2D eigenvalue weighted by Crippen LogP contribution is 2.20. The van der Waals surface area contributed by atoms with E-state index in [1.807, 2.05) is 0 Å². The van der Waals surface area contributed by atoms with Crippen molar-refractivity contribution in [1.82, 2.24) is 5.32 Å². The SMILES string of the molecule is CC(=O)Nc1cc(NC(=O)C2CCNC2)ccc1F.Cl. The number of halogens is 2. The second-order valence-corrected chi connectivity index (χ2v) is 4.55. The van der Waals surface area contributed by atoms with E-state index in [0.29, 0.717) is 12.2 Å². The molecule has 110 valence electrons. The molecule has 0 aliphatic carbocycles. The molecule has 20 heavy (non-hydrogen) atoms. The number of carbonyl (C=O) groups excluding carboxylic acids is 2. The molecule has 0 bridgehead atoms. The third-order valence-corrected chi connectivity index (χ3v) is 2.98. The van der Waals surface area contributed by atoms with E-state index < -0.39 is 5.82 Å². The fourth-order valence-electron chi connectivity index (χ4n) is 2.01. The lowest BCUT2D eigenvalue weighted by Crippen LogP contribution is -2.24. The Bertz CT molecular complexity index is 504. The summed E-state index contributed by atoms with van der Waals surface area (Å²) >= 11 is 0. The molecule has 1 aromatic rings. The van der Waals surface area contributed by atoms with Gasteiger partial charge in [-0.1, -0.05) is 0 Å². The van der Waals surface area contributed by atoms with Crippen LogP contribution in [-0.4, -0.2) is 24.9 Å². The van der Waals surface area contributed by atoms with E-state index in [9.17, 15) is 14.0 Å². The van der Waals surface area contributed by atoms with Crippen LogP contribution in [0.4, 0.5) is 15.8 Å². The van der Waals surface area contributed by atoms with E-state index in [2.05, 4.69) is 16.0 Å². The van der Waals surface area contributed by atoms with Crippen LogP contribution >= 0.6 is 12.4 Å². The molecule has 1 fully saturated rings. The van der Waals surface area contributed by atoms with Crippen molar-refractivity contribution in [3.8, 4) is 0 Å². The Hall–Kier alpha value is -1.66. The van der Waals surface area contributed by atoms with Gasteiger partial charge in [0.2, 0.25) is 11.8 Å². The number of rotatable bonds is 3. The van der Waals surface area contributed by atoms with Crippen molar-refractivity contribution in [3.63, 3.8) is 0 Å². The summed E-state index contributed by atoms with van der Waals surface area (Å²) in [4.78, 5) is 22.8. The maximum Gasteiger partial charge on any atom is 0.228 e. The Morgan fingerprint density at radius 1 is 1.35 bits per heavy atom. The van der Waals surface area contributed by atoms with Crippen LogP contribution in [0.5, 0.6) is 0 Å². The molecule has 1 unspecified atom stereocenters. The topological polar surface area (TPSA) is 70.2 Å². The zero-order valence-electron chi connectivity index (χ0n) is 11.0. The van der Waals surface area contributed by atoms with Crippen LogP contribution in [0.25, 0.3) is 0 Å². The second kappa shape index (κ2) is 7.21. The molecule has 2 amide bonds. The first kappa shape index (κ1) is 16.4. The molecule has 1 aromatic carbocycles. The number of nitrogens with one attached hydrogen (secondary N) is 3. The summed E-state index contributed by atoms with van der Waals surface area (Å²) < 4.78 is 13.4. The first-order chi connectivity index (χ1) is 9.06. The molecule has 0 saturated carbocycles. The molecule has 0 spiro atoms. The smallest absolute Gasteiger partial charge is 0.228 e. The average molecular weight is 302 g/mol. The molecule has 0 radical (unpaired) electrons. The average Bonchev–Trinajstić information content (AvgIpc) is 2.86. The molecule has 1 heterocycles. The van der Waals surface area contributed by atoms with Crippen LogP contribution in [0.1, 0.15) is 13.3 Å². The minimum absolute atomic E-state index is 0. The minimum atomic E-state index is -0.532. The monoisotopic (exact) mass is 301 g/mol. The van der Waals surface area contributed by atoms with Crippen LogP contribution in [0, 0.1) is 11.7 Å². The highest BCUT2D eigenvalue weighted by atomic mass is 35.5. The third kappa shape index (κ3) is 4.18. The highest BCUT2D eigenvalue weighted by molar-refractivity contribution is 5.94. The van der Waals surface area contributed by atoms with Crippen molar-refractivity contribution in [2.45, 2.75) is 13.3 Å². The Balaban J connectivity index is 0.00000200. The largest absolute Gasteiger partial charge is 0.326 e. The molecule has 3 N–H and O–H groups in total. The first-order valence-electron chi connectivity index (χ1n) is 6.15. The van der Waals surface area contributed by atoms with Gasteiger partial charge in [0, 0.05) is 19.2 Å². The minimum Gasteiger partial charge on any atom is -0.326 e. The van der Waals surface area contributed by atoms with E-state index >= 15 is 0 Å². The summed E-state index contributed by atoms with van der Waals surface area (Å²) in [6.45, 7) is 2.79. The van der Waals surface area contributed by atoms with Gasteiger partial charge in [-0.15, -0.1) is 12.4 Å². The van der Waals surface area contributed by atoms with Gasteiger partial charge in [-0.25, -0.2) is 4.39 Å². The number of hydrogen-bond donors (Lipinski definition) is 3. The van der Waals surface area contributed by atoms with Gasteiger partial charge < -0.3 is 16.0 Å². The van der Waals surface area contributed by atoms with E-state index in [0.717, 1.165) is 13.0 Å².